The highest BCUT2D eigenvalue weighted by atomic mass is 79.9. The average molecular weight is 355 g/mol. The molecule has 1 heterocycles. The van der Waals surface area contributed by atoms with E-state index in [4.69, 9.17) is 4.74 Å². The molecule has 114 valence electrons. The number of anilines is 1. The molecule has 2 rings (SSSR count). The molecule has 5 nitrogen and oxygen atoms in total. The molecule has 0 saturated carbocycles. The van der Waals surface area contributed by atoms with E-state index in [2.05, 4.69) is 21.2 Å². The van der Waals surface area contributed by atoms with Crippen LogP contribution < -0.4 is 15.0 Å². The summed E-state index contributed by atoms with van der Waals surface area (Å²) in [6.45, 7) is 3.72. The number of halogens is 1. The molecule has 1 aromatic carbocycles. The molecule has 0 radical (unpaired) electrons. The van der Waals surface area contributed by atoms with Gasteiger partial charge in [-0.25, -0.2) is 0 Å². The lowest BCUT2D eigenvalue weighted by molar-refractivity contribution is -0.133. The Kier molecular flexibility index (Phi) is 4.88. The molecular formula is C15H19BrN2O3. The van der Waals surface area contributed by atoms with Gasteiger partial charge in [-0.3, -0.25) is 14.5 Å². The summed E-state index contributed by atoms with van der Waals surface area (Å²) in [7, 11) is 1.58. The van der Waals surface area contributed by atoms with Gasteiger partial charge in [0.15, 0.2) is 0 Å². The number of benzene rings is 1. The fraction of sp³-hybridized carbons (Fsp3) is 0.467. The lowest BCUT2D eigenvalue weighted by atomic mass is 10.0. The molecule has 2 amide bonds. The summed E-state index contributed by atoms with van der Waals surface area (Å²) in [6.07, 6.45) is 1.48. The number of nitrogens with one attached hydrogen (secondary N) is 1. The topological polar surface area (TPSA) is 58.6 Å². The molecule has 1 aliphatic rings. The van der Waals surface area contributed by atoms with Crippen LogP contribution in [0.5, 0.6) is 5.75 Å². The second-order valence-electron chi connectivity index (χ2n) is 5.05. The molecule has 1 aromatic rings. The standard InChI is InChI=1S/C15H19BrN2O3/c1-4-5-12-15(20)18(9(2)14(19)17-12)10-6-7-13(21-3)11(16)8-10/h6-9,12H,4-5H2,1-3H3,(H,17,19). The summed E-state index contributed by atoms with van der Waals surface area (Å²) in [5.74, 6) is 0.492. The van der Waals surface area contributed by atoms with Crippen LogP contribution in [0.2, 0.25) is 0 Å². The largest absolute Gasteiger partial charge is 0.496 e. The summed E-state index contributed by atoms with van der Waals surface area (Å²) in [6, 6.07) is 4.40. The van der Waals surface area contributed by atoms with Gasteiger partial charge in [0, 0.05) is 5.69 Å². The van der Waals surface area contributed by atoms with Gasteiger partial charge in [0.2, 0.25) is 11.8 Å². The molecule has 1 saturated heterocycles. The van der Waals surface area contributed by atoms with Gasteiger partial charge in [-0.15, -0.1) is 0 Å². The van der Waals surface area contributed by atoms with Crippen molar-refractivity contribution >= 4 is 33.4 Å². The summed E-state index contributed by atoms with van der Waals surface area (Å²) >= 11 is 3.41. The SMILES string of the molecule is CCCC1NC(=O)C(C)N(c2ccc(OC)c(Br)c2)C1=O. The minimum atomic E-state index is -0.522. The Bertz CT molecular complexity index is 562. The van der Waals surface area contributed by atoms with Crippen LogP contribution in [-0.2, 0) is 9.59 Å². The third kappa shape index (κ3) is 3.05. The molecule has 0 aliphatic carbocycles. The first-order valence-corrected chi connectivity index (χ1v) is 7.75. The predicted octanol–water partition coefficient (Wildman–Crippen LogP) is 2.48. The zero-order valence-corrected chi connectivity index (χ0v) is 13.9. The maximum Gasteiger partial charge on any atom is 0.250 e. The van der Waals surface area contributed by atoms with Crippen molar-refractivity contribution < 1.29 is 14.3 Å². The molecule has 0 bridgehead atoms. The maximum atomic E-state index is 12.6. The molecule has 6 heteroatoms. The van der Waals surface area contributed by atoms with Crippen molar-refractivity contribution in [1.82, 2.24) is 5.32 Å². The first-order chi connectivity index (χ1) is 9.99. The first-order valence-electron chi connectivity index (χ1n) is 6.96. The van der Waals surface area contributed by atoms with Crippen LogP contribution >= 0.6 is 15.9 Å². The zero-order chi connectivity index (χ0) is 15.6. The van der Waals surface area contributed by atoms with Gasteiger partial charge >= 0.3 is 0 Å². The summed E-state index contributed by atoms with van der Waals surface area (Å²) in [5.41, 5.74) is 0.691. The minimum Gasteiger partial charge on any atom is -0.496 e. The van der Waals surface area contributed by atoms with Crippen molar-refractivity contribution in [2.24, 2.45) is 0 Å². The molecule has 2 atom stereocenters. The second-order valence-corrected chi connectivity index (χ2v) is 5.91. The first kappa shape index (κ1) is 15.8. The molecule has 1 fully saturated rings. The number of amides is 2. The van der Waals surface area contributed by atoms with E-state index in [0.29, 0.717) is 17.9 Å². The number of methoxy groups -OCH3 is 1. The molecule has 0 spiro atoms. The van der Waals surface area contributed by atoms with Crippen molar-refractivity contribution in [3.8, 4) is 5.75 Å². The second kappa shape index (κ2) is 6.47. The molecule has 1 N–H and O–H groups in total. The Hall–Kier alpha value is -1.56. The van der Waals surface area contributed by atoms with E-state index in [1.54, 1.807) is 37.1 Å². The van der Waals surface area contributed by atoms with Gasteiger partial charge in [0.05, 0.1) is 11.6 Å². The number of hydrogen-bond donors (Lipinski definition) is 1. The number of nitrogens with zero attached hydrogens (tertiary/aromatic N) is 1. The van der Waals surface area contributed by atoms with Gasteiger partial charge in [0.25, 0.3) is 0 Å². The monoisotopic (exact) mass is 354 g/mol. The van der Waals surface area contributed by atoms with E-state index < -0.39 is 12.1 Å². The predicted molar refractivity (Wildman–Crippen MR) is 84.5 cm³/mol. The molecular weight excluding hydrogens is 336 g/mol. The van der Waals surface area contributed by atoms with Crippen molar-refractivity contribution in [1.29, 1.82) is 0 Å². The van der Waals surface area contributed by atoms with Crippen molar-refractivity contribution in [2.75, 3.05) is 12.0 Å². The third-order valence-electron chi connectivity index (χ3n) is 3.61. The number of rotatable bonds is 4. The van der Waals surface area contributed by atoms with Crippen LogP contribution in [0.25, 0.3) is 0 Å². The number of hydrogen-bond acceptors (Lipinski definition) is 3. The Balaban J connectivity index is 2.36. The number of carbonyl (C=O) groups excluding carboxylic acids is 2. The Morgan fingerprint density at radius 2 is 2.10 bits per heavy atom. The highest BCUT2D eigenvalue weighted by Crippen LogP contribution is 2.31. The number of piperazine rings is 1. The summed E-state index contributed by atoms with van der Waals surface area (Å²) in [5, 5.41) is 2.79. The normalized spacial score (nSPS) is 22.2. The minimum absolute atomic E-state index is 0.0685. The lowest BCUT2D eigenvalue weighted by Gasteiger charge is -2.37. The summed E-state index contributed by atoms with van der Waals surface area (Å²) < 4.78 is 5.94. The zero-order valence-electron chi connectivity index (χ0n) is 12.4. The van der Waals surface area contributed by atoms with Gasteiger partial charge in [-0.1, -0.05) is 13.3 Å². The van der Waals surface area contributed by atoms with E-state index in [0.717, 1.165) is 10.9 Å². The van der Waals surface area contributed by atoms with Gasteiger partial charge in [0.1, 0.15) is 17.8 Å². The molecule has 1 aliphatic heterocycles. The van der Waals surface area contributed by atoms with Crippen LogP contribution in [0.4, 0.5) is 5.69 Å². The maximum absolute atomic E-state index is 12.6. The summed E-state index contributed by atoms with van der Waals surface area (Å²) in [4.78, 5) is 26.2. The van der Waals surface area contributed by atoms with Crippen LogP contribution in [-0.4, -0.2) is 31.0 Å². The molecule has 0 aromatic heterocycles. The molecule has 21 heavy (non-hydrogen) atoms. The smallest absolute Gasteiger partial charge is 0.250 e. The average Bonchev–Trinajstić information content (AvgIpc) is 2.45. The quantitative estimate of drug-likeness (QED) is 0.903. The van der Waals surface area contributed by atoms with Crippen LogP contribution in [0.15, 0.2) is 22.7 Å². The fourth-order valence-electron chi connectivity index (χ4n) is 2.47. The number of carbonyl (C=O) groups is 2. The highest BCUT2D eigenvalue weighted by molar-refractivity contribution is 9.10. The van der Waals surface area contributed by atoms with Gasteiger partial charge in [-0.2, -0.15) is 0 Å². The van der Waals surface area contributed by atoms with Gasteiger partial charge < -0.3 is 10.1 Å². The fourth-order valence-corrected chi connectivity index (χ4v) is 3.00. The van der Waals surface area contributed by atoms with Crippen molar-refractivity contribution in [3.63, 3.8) is 0 Å². The highest BCUT2D eigenvalue weighted by Gasteiger charge is 2.38. The Labute approximate surface area is 132 Å². The van der Waals surface area contributed by atoms with E-state index in [1.165, 1.54) is 0 Å². The lowest BCUT2D eigenvalue weighted by Crippen LogP contribution is -2.62. The Morgan fingerprint density at radius 1 is 1.38 bits per heavy atom. The van der Waals surface area contributed by atoms with E-state index in [-0.39, 0.29) is 11.8 Å². The van der Waals surface area contributed by atoms with Crippen LogP contribution in [0.1, 0.15) is 26.7 Å². The van der Waals surface area contributed by atoms with E-state index >= 15 is 0 Å². The van der Waals surface area contributed by atoms with Crippen LogP contribution in [0.3, 0.4) is 0 Å². The van der Waals surface area contributed by atoms with Crippen LogP contribution in [0, 0.1) is 0 Å². The van der Waals surface area contributed by atoms with E-state index in [1.807, 2.05) is 6.92 Å². The number of ether oxygens (including phenoxy) is 1. The third-order valence-corrected chi connectivity index (χ3v) is 4.23. The van der Waals surface area contributed by atoms with Gasteiger partial charge in [-0.05, 0) is 47.5 Å². The van der Waals surface area contributed by atoms with E-state index in [9.17, 15) is 9.59 Å². The van der Waals surface area contributed by atoms with Crippen molar-refractivity contribution in [2.45, 2.75) is 38.8 Å². The molecule has 2 unspecified atom stereocenters. The Morgan fingerprint density at radius 3 is 2.67 bits per heavy atom. The van der Waals surface area contributed by atoms with Crippen molar-refractivity contribution in [3.05, 3.63) is 22.7 Å².